The molecule has 0 radical (unpaired) electrons. The Morgan fingerprint density at radius 2 is 2.14 bits per heavy atom. The largest absolute Gasteiger partial charge is 0.462 e. The van der Waals surface area contributed by atoms with E-state index in [0.717, 1.165) is 17.5 Å². The van der Waals surface area contributed by atoms with Crippen LogP contribution in [0.3, 0.4) is 0 Å². The molecule has 2 heterocycles. The number of hydrogen-bond acceptors (Lipinski definition) is 6. The van der Waals surface area contributed by atoms with Crippen LogP contribution in [0.2, 0.25) is 0 Å². The third kappa shape index (κ3) is 4.36. The molecule has 0 saturated carbocycles. The summed E-state index contributed by atoms with van der Waals surface area (Å²) in [6.07, 6.45) is 2.30. The van der Waals surface area contributed by atoms with E-state index in [4.69, 9.17) is 4.74 Å². The van der Waals surface area contributed by atoms with Gasteiger partial charge >= 0.3 is 5.97 Å². The second-order valence-electron chi connectivity index (χ2n) is 6.29. The standard InChI is InChI=1S/C21H22N2O3S2/c1-4-11-23-20(25)18-16(15-9-7-6-8-10-15)12-27-19(18)22-21(23)28-13-17(24)26-14(3)5-2/h4,6-10,12,14H,1,5,11,13H2,2-3H3. The maximum Gasteiger partial charge on any atom is 0.316 e. The van der Waals surface area contributed by atoms with E-state index >= 15 is 0 Å². The van der Waals surface area contributed by atoms with Gasteiger partial charge in [0.25, 0.3) is 5.56 Å². The van der Waals surface area contributed by atoms with Gasteiger partial charge in [0.1, 0.15) is 4.83 Å². The number of aromatic nitrogens is 2. The molecule has 1 atom stereocenters. The minimum Gasteiger partial charge on any atom is -0.462 e. The van der Waals surface area contributed by atoms with Gasteiger partial charge in [-0.25, -0.2) is 4.98 Å². The van der Waals surface area contributed by atoms with E-state index in [0.29, 0.717) is 21.9 Å². The lowest BCUT2D eigenvalue weighted by atomic mass is 10.1. The van der Waals surface area contributed by atoms with Crippen LogP contribution in [0.5, 0.6) is 0 Å². The fraction of sp³-hybridized carbons (Fsp3) is 0.286. The van der Waals surface area contributed by atoms with Gasteiger partial charge in [0.2, 0.25) is 0 Å². The van der Waals surface area contributed by atoms with Gasteiger partial charge in [0.05, 0.1) is 17.2 Å². The SMILES string of the molecule is C=CCn1c(SCC(=O)OC(C)CC)nc2scc(-c3ccccc3)c2c1=O. The normalized spacial score (nSPS) is 12.1. The second-order valence-corrected chi connectivity index (χ2v) is 8.09. The Hall–Kier alpha value is -2.38. The lowest BCUT2D eigenvalue weighted by molar-refractivity contribution is -0.144. The van der Waals surface area contributed by atoms with Crippen LogP contribution in [0, 0.1) is 0 Å². The first-order chi connectivity index (χ1) is 13.5. The van der Waals surface area contributed by atoms with Crippen molar-refractivity contribution in [2.24, 2.45) is 0 Å². The molecule has 28 heavy (non-hydrogen) atoms. The summed E-state index contributed by atoms with van der Waals surface area (Å²) in [4.78, 5) is 30.6. The van der Waals surface area contributed by atoms with Crippen molar-refractivity contribution >= 4 is 39.3 Å². The van der Waals surface area contributed by atoms with Crippen LogP contribution in [0.1, 0.15) is 20.3 Å². The Morgan fingerprint density at radius 1 is 1.39 bits per heavy atom. The second kappa shape index (κ2) is 9.21. The van der Waals surface area contributed by atoms with Crippen molar-refractivity contribution in [3.8, 4) is 11.1 Å². The number of hydrogen-bond donors (Lipinski definition) is 0. The number of thioether (sulfide) groups is 1. The summed E-state index contributed by atoms with van der Waals surface area (Å²) in [7, 11) is 0. The molecular formula is C21H22N2O3S2. The third-order valence-corrected chi connectivity index (χ3v) is 6.10. The minimum absolute atomic E-state index is 0.107. The summed E-state index contributed by atoms with van der Waals surface area (Å²) in [6, 6.07) is 9.79. The average molecular weight is 415 g/mol. The lowest BCUT2D eigenvalue weighted by Crippen LogP contribution is -2.23. The number of nitrogens with zero attached hydrogens (tertiary/aromatic N) is 2. The molecule has 0 fully saturated rings. The number of esters is 1. The quantitative estimate of drug-likeness (QED) is 0.230. The minimum atomic E-state index is -0.310. The van der Waals surface area contributed by atoms with E-state index in [9.17, 15) is 9.59 Å². The molecule has 1 unspecified atom stereocenters. The van der Waals surface area contributed by atoms with Crippen molar-refractivity contribution in [2.45, 2.75) is 38.1 Å². The molecule has 1 aromatic carbocycles. The van der Waals surface area contributed by atoms with Crippen LogP contribution in [-0.4, -0.2) is 27.4 Å². The molecule has 0 spiro atoms. The van der Waals surface area contributed by atoms with E-state index in [1.165, 1.54) is 23.1 Å². The van der Waals surface area contributed by atoms with Crippen LogP contribution in [0.25, 0.3) is 21.3 Å². The van der Waals surface area contributed by atoms with E-state index in [-0.39, 0.29) is 23.4 Å². The van der Waals surface area contributed by atoms with Gasteiger partial charge in [-0.15, -0.1) is 17.9 Å². The summed E-state index contributed by atoms with van der Waals surface area (Å²) in [5, 5.41) is 3.06. The van der Waals surface area contributed by atoms with Gasteiger partial charge in [-0.2, -0.15) is 0 Å². The van der Waals surface area contributed by atoms with Crippen LogP contribution in [0.4, 0.5) is 0 Å². The molecule has 7 heteroatoms. The summed E-state index contributed by atoms with van der Waals surface area (Å²) in [5.41, 5.74) is 1.74. The van der Waals surface area contributed by atoms with Crippen molar-refractivity contribution in [1.82, 2.24) is 9.55 Å². The maximum absolute atomic E-state index is 13.2. The average Bonchev–Trinajstić information content (AvgIpc) is 3.13. The number of allylic oxidation sites excluding steroid dienone is 1. The first-order valence-electron chi connectivity index (χ1n) is 9.05. The molecule has 3 aromatic rings. The molecule has 3 rings (SSSR count). The molecule has 2 aromatic heterocycles. The molecule has 0 aliphatic carbocycles. The monoisotopic (exact) mass is 414 g/mol. The van der Waals surface area contributed by atoms with Crippen molar-refractivity contribution in [2.75, 3.05) is 5.75 Å². The predicted octanol–water partition coefficient (Wildman–Crippen LogP) is 4.74. The molecular weight excluding hydrogens is 392 g/mol. The first kappa shape index (κ1) is 20.4. The Morgan fingerprint density at radius 3 is 2.82 bits per heavy atom. The van der Waals surface area contributed by atoms with Crippen molar-refractivity contribution in [3.05, 3.63) is 58.7 Å². The van der Waals surface area contributed by atoms with Crippen LogP contribution < -0.4 is 5.56 Å². The molecule has 0 amide bonds. The van der Waals surface area contributed by atoms with Gasteiger partial charge < -0.3 is 4.74 Å². The highest BCUT2D eigenvalue weighted by Gasteiger charge is 2.18. The van der Waals surface area contributed by atoms with Crippen molar-refractivity contribution in [1.29, 1.82) is 0 Å². The molecule has 5 nitrogen and oxygen atoms in total. The zero-order chi connectivity index (χ0) is 20.1. The van der Waals surface area contributed by atoms with Crippen molar-refractivity contribution < 1.29 is 9.53 Å². The van der Waals surface area contributed by atoms with Gasteiger partial charge in [0, 0.05) is 17.5 Å². The third-order valence-electron chi connectivity index (χ3n) is 4.28. The highest BCUT2D eigenvalue weighted by atomic mass is 32.2. The van der Waals surface area contributed by atoms with Gasteiger partial charge in [0.15, 0.2) is 5.16 Å². The Kier molecular flexibility index (Phi) is 6.70. The van der Waals surface area contributed by atoms with Crippen LogP contribution >= 0.6 is 23.1 Å². The fourth-order valence-electron chi connectivity index (χ4n) is 2.70. The highest BCUT2D eigenvalue weighted by Crippen LogP contribution is 2.32. The van der Waals surface area contributed by atoms with E-state index < -0.39 is 0 Å². The zero-order valence-corrected chi connectivity index (χ0v) is 17.5. The predicted molar refractivity (Wildman–Crippen MR) is 116 cm³/mol. The Labute approximate surface area is 172 Å². The summed E-state index contributed by atoms with van der Waals surface area (Å²) in [6.45, 7) is 7.89. The van der Waals surface area contributed by atoms with Gasteiger partial charge in [-0.05, 0) is 18.9 Å². The smallest absolute Gasteiger partial charge is 0.316 e. The van der Waals surface area contributed by atoms with Crippen LogP contribution in [-0.2, 0) is 16.1 Å². The lowest BCUT2D eigenvalue weighted by Gasteiger charge is -2.12. The fourth-order valence-corrected chi connectivity index (χ4v) is 4.48. The molecule has 0 bridgehead atoms. The van der Waals surface area contributed by atoms with E-state index in [2.05, 4.69) is 11.6 Å². The van der Waals surface area contributed by atoms with Gasteiger partial charge in [-0.1, -0.05) is 55.1 Å². The number of rotatable bonds is 8. The summed E-state index contributed by atoms with van der Waals surface area (Å²) < 4.78 is 6.87. The Bertz CT molecular complexity index is 1040. The maximum atomic E-state index is 13.2. The molecule has 0 N–H and O–H groups in total. The number of ether oxygens (including phenoxy) is 1. The topological polar surface area (TPSA) is 61.2 Å². The van der Waals surface area contributed by atoms with E-state index in [1.807, 2.05) is 49.6 Å². The van der Waals surface area contributed by atoms with Gasteiger partial charge in [-0.3, -0.25) is 14.2 Å². The summed E-state index contributed by atoms with van der Waals surface area (Å²) >= 11 is 2.65. The molecule has 0 aliphatic heterocycles. The van der Waals surface area contributed by atoms with Crippen molar-refractivity contribution in [3.63, 3.8) is 0 Å². The van der Waals surface area contributed by atoms with Crippen LogP contribution in [0.15, 0.2) is 58.3 Å². The molecule has 146 valence electrons. The number of carbonyl (C=O) groups excluding carboxylic acids is 1. The summed E-state index contributed by atoms with van der Waals surface area (Å²) in [5.74, 6) is -0.203. The zero-order valence-electron chi connectivity index (χ0n) is 15.9. The highest BCUT2D eigenvalue weighted by molar-refractivity contribution is 7.99. The first-order valence-corrected chi connectivity index (χ1v) is 10.9. The number of benzene rings is 1. The Balaban J connectivity index is 1.98. The number of fused-ring (bicyclic) bond motifs is 1. The van der Waals surface area contributed by atoms with E-state index in [1.54, 1.807) is 10.6 Å². The number of carbonyl (C=O) groups is 1. The number of thiophene rings is 1. The molecule has 0 saturated heterocycles. The molecule has 0 aliphatic rings.